The molecule has 0 heterocycles. The van der Waals surface area contributed by atoms with Gasteiger partial charge in [0.1, 0.15) is 0 Å². The summed E-state index contributed by atoms with van der Waals surface area (Å²) < 4.78 is 0. The molecule has 16 heavy (non-hydrogen) atoms. The first kappa shape index (κ1) is 14.3. The van der Waals surface area contributed by atoms with E-state index in [-0.39, 0.29) is 21.7 Å². The molecule has 2 rings (SSSR count). The van der Waals surface area contributed by atoms with Crippen molar-refractivity contribution in [1.82, 2.24) is 0 Å². The zero-order chi connectivity index (χ0) is 11.3. The molecule has 0 aromatic heterocycles. The van der Waals surface area contributed by atoms with E-state index >= 15 is 0 Å². The summed E-state index contributed by atoms with van der Waals surface area (Å²) in [4.78, 5) is 0. The first-order valence-electron chi connectivity index (χ1n) is 6.21. The Hall–Kier alpha value is 0.194. The summed E-state index contributed by atoms with van der Waals surface area (Å²) in [6, 6.07) is 0. The van der Waals surface area contributed by atoms with Gasteiger partial charge in [0.25, 0.3) is 0 Å². The van der Waals surface area contributed by atoms with Gasteiger partial charge in [-0.15, -0.1) is 0 Å². The average Bonchev–Trinajstić information content (AvgIpc) is 2.47. The second kappa shape index (κ2) is 4.82. The molecule has 1 heteroatoms. The molecular formula is C15H23Ti. The van der Waals surface area contributed by atoms with Crippen molar-refractivity contribution in [2.75, 3.05) is 0 Å². The summed E-state index contributed by atoms with van der Waals surface area (Å²) in [6.45, 7) is 14.2. The number of hydrogen-bond donors (Lipinski definition) is 0. The standard InChI is InChI=1S/C15H23.Ti/c1-8-7-9(2)15-13(6)11(4)10(3)12(5)14(8)15;/h7,10-13H,1-6H3;. The van der Waals surface area contributed by atoms with Gasteiger partial charge < -0.3 is 0 Å². The third kappa shape index (κ3) is 1.89. The third-order valence-corrected chi connectivity index (χ3v) is 4.89. The van der Waals surface area contributed by atoms with E-state index in [9.17, 15) is 0 Å². The second-order valence-corrected chi connectivity index (χ2v) is 5.63. The predicted octanol–water partition coefficient (Wildman–Crippen LogP) is 4.39. The van der Waals surface area contributed by atoms with Crippen molar-refractivity contribution in [2.24, 2.45) is 23.7 Å². The van der Waals surface area contributed by atoms with Crippen molar-refractivity contribution >= 4 is 0 Å². The second-order valence-electron chi connectivity index (χ2n) is 5.63. The van der Waals surface area contributed by atoms with E-state index in [0.29, 0.717) is 0 Å². The van der Waals surface area contributed by atoms with Crippen LogP contribution < -0.4 is 0 Å². The van der Waals surface area contributed by atoms with E-state index < -0.39 is 0 Å². The maximum atomic E-state index is 2.41. The Labute approximate surface area is 115 Å². The van der Waals surface area contributed by atoms with Gasteiger partial charge in [0.15, 0.2) is 0 Å². The first-order valence-corrected chi connectivity index (χ1v) is 6.21. The third-order valence-electron chi connectivity index (χ3n) is 4.89. The molecule has 0 nitrogen and oxygen atoms in total. The van der Waals surface area contributed by atoms with Crippen molar-refractivity contribution in [1.29, 1.82) is 0 Å². The maximum absolute atomic E-state index is 2.41. The van der Waals surface area contributed by atoms with Crippen LogP contribution in [0.15, 0.2) is 22.8 Å². The molecule has 0 fully saturated rings. The van der Waals surface area contributed by atoms with E-state index in [1.165, 1.54) is 11.5 Å². The molecule has 4 atom stereocenters. The van der Waals surface area contributed by atoms with Gasteiger partial charge in [0.05, 0.1) is 0 Å². The molecule has 0 aliphatic heterocycles. The van der Waals surface area contributed by atoms with Crippen LogP contribution in [0.5, 0.6) is 0 Å². The quantitative estimate of drug-likeness (QED) is 0.560. The molecule has 87 valence electrons. The normalized spacial score (nSPS) is 39.2. The molecule has 0 saturated carbocycles. The van der Waals surface area contributed by atoms with Gasteiger partial charge in [-0.1, -0.05) is 51.8 Å². The molecule has 4 unspecified atom stereocenters. The van der Waals surface area contributed by atoms with Crippen molar-refractivity contribution in [2.45, 2.75) is 41.5 Å². The van der Waals surface area contributed by atoms with Crippen LogP contribution in [0.1, 0.15) is 41.5 Å². The van der Waals surface area contributed by atoms with E-state index in [2.05, 4.69) is 47.6 Å². The van der Waals surface area contributed by atoms with Crippen LogP contribution in [0.3, 0.4) is 0 Å². The van der Waals surface area contributed by atoms with E-state index in [4.69, 9.17) is 0 Å². The fourth-order valence-electron chi connectivity index (χ4n) is 3.55. The number of allylic oxidation sites excluding steroid dienone is 4. The van der Waals surface area contributed by atoms with Crippen LogP contribution in [0.4, 0.5) is 0 Å². The van der Waals surface area contributed by atoms with Crippen LogP contribution >= 0.6 is 0 Å². The van der Waals surface area contributed by atoms with E-state index in [1.54, 1.807) is 11.1 Å². The Kier molecular flexibility index (Phi) is 4.30. The molecular weight excluding hydrogens is 228 g/mol. The summed E-state index contributed by atoms with van der Waals surface area (Å²) >= 11 is 0. The molecule has 0 N–H and O–H groups in total. The first-order chi connectivity index (χ1) is 6.95. The van der Waals surface area contributed by atoms with Crippen molar-refractivity contribution in [3.8, 4) is 0 Å². The molecule has 0 saturated heterocycles. The van der Waals surface area contributed by atoms with Gasteiger partial charge in [-0.2, -0.15) is 0 Å². The molecule has 0 aromatic rings. The molecule has 0 bridgehead atoms. The predicted molar refractivity (Wildman–Crippen MR) is 66.4 cm³/mol. The van der Waals surface area contributed by atoms with Crippen molar-refractivity contribution < 1.29 is 21.7 Å². The van der Waals surface area contributed by atoms with Gasteiger partial charge in [-0.05, 0) is 36.2 Å². The Bertz CT molecular complexity index is 337. The summed E-state index contributed by atoms with van der Waals surface area (Å²) in [5.41, 5.74) is 4.83. The van der Waals surface area contributed by atoms with Crippen LogP contribution in [0.2, 0.25) is 0 Å². The largest absolute Gasteiger partial charge is 0.0701 e. The SMILES string of the molecule is C[C]1C=C(C)C2=C1C(C)C(C)C(C)C2C.[Ti]. The van der Waals surface area contributed by atoms with Crippen LogP contribution in [0.25, 0.3) is 0 Å². The zero-order valence-corrected chi connectivity index (χ0v) is 12.9. The topological polar surface area (TPSA) is 0 Å². The van der Waals surface area contributed by atoms with Crippen molar-refractivity contribution in [3.63, 3.8) is 0 Å². The van der Waals surface area contributed by atoms with Crippen LogP contribution in [-0.4, -0.2) is 0 Å². The van der Waals surface area contributed by atoms with Gasteiger partial charge in [-0.25, -0.2) is 0 Å². The molecule has 0 aromatic carbocycles. The van der Waals surface area contributed by atoms with Gasteiger partial charge in [-0.3, -0.25) is 0 Å². The van der Waals surface area contributed by atoms with E-state index in [1.807, 2.05) is 0 Å². The average molecular weight is 251 g/mol. The van der Waals surface area contributed by atoms with Crippen molar-refractivity contribution in [3.05, 3.63) is 28.7 Å². The Balaban J connectivity index is 0.00000128. The minimum atomic E-state index is 0. The Morgan fingerprint density at radius 1 is 0.812 bits per heavy atom. The maximum Gasteiger partial charge on any atom is 0.0203 e. The number of rotatable bonds is 0. The Morgan fingerprint density at radius 3 is 1.75 bits per heavy atom. The van der Waals surface area contributed by atoms with Crippen LogP contribution in [0, 0.1) is 29.6 Å². The molecule has 2 aliphatic carbocycles. The molecule has 0 spiro atoms. The minimum Gasteiger partial charge on any atom is -0.0701 e. The molecule has 0 amide bonds. The number of hydrogen-bond acceptors (Lipinski definition) is 0. The van der Waals surface area contributed by atoms with E-state index in [0.717, 1.165) is 23.7 Å². The van der Waals surface area contributed by atoms with Crippen LogP contribution in [-0.2, 0) is 21.7 Å². The summed E-state index contributed by atoms with van der Waals surface area (Å²) in [6.07, 6.45) is 2.38. The zero-order valence-electron chi connectivity index (χ0n) is 11.4. The minimum absolute atomic E-state index is 0. The van der Waals surface area contributed by atoms with Gasteiger partial charge >= 0.3 is 0 Å². The fourth-order valence-corrected chi connectivity index (χ4v) is 3.55. The van der Waals surface area contributed by atoms with Gasteiger partial charge in [0, 0.05) is 27.6 Å². The Morgan fingerprint density at radius 2 is 1.25 bits per heavy atom. The fraction of sp³-hybridized carbons (Fsp3) is 0.667. The smallest absolute Gasteiger partial charge is 0.0203 e. The monoisotopic (exact) mass is 251 g/mol. The summed E-state index contributed by atoms with van der Waals surface area (Å²) in [5.74, 6) is 4.61. The molecule has 2 aliphatic rings. The summed E-state index contributed by atoms with van der Waals surface area (Å²) in [7, 11) is 0. The molecule has 1 radical (unpaired) electrons. The summed E-state index contributed by atoms with van der Waals surface area (Å²) in [5, 5.41) is 0. The van der Waals surface area contributed by atoms with Gasteiger partial charge in [0.2, 0.25) is 0 Å².